The molecule has 2 aliphatic rings. The third-order valence-electron chi connectivity index (χ3n) is 6.19. The maximum atomic E-state index is 6.43. The fraction of sp³-hybridized carbons (Fsp3) is 0.481. The maximum Gasteiger partial charge on any atom is 0.0483 e. The summed E-state index contributed by atoms with van der Waals surface area (Å²) in [6.45, 7) is 18.4. The van der Waals surface area contributed by atoms with Gasteiger partial charge in [0.1, 0.15) is 0 Å². The molecule has 0 fully saturated rings. The summed E-state index contributed by atoms with van der Waals surface area (Å²) in [4.78, 5) is 0. The lowest BCUT2D eigenvalue weighted by atomic mass is 9.75. The molecule has 0 spiro atoms. The average Bonchev–Trinajstić information content (AvgIpc) is 2.60. The number of allylic oxidation sites excluding steroid dienone is 5. The first-order chi connectivity index (χ1) is 13.4. The smallest absolute Gasteiger partial charge is 0.0483 e. The zero-order chi connectivity index (χ0) is 21.6. The van der Waals surface area contributed by atoms with Gasteiger partial charge in [0.25, 0.3) is 0 Å². The van der Waals surface area contributed by atoms with Gasteiger partial charge in [-0.2, -0.15) is 0 Å². The minimum Gasteiger partial charge on any atom is -0.381 e. The molecule has 1 aromatic rings. The fourth-order valence-electron chi connectivity index (χ4n) is 4.66. The van der Waals surface area contributed by atoms with Crippen molar-refractivity contribution in [1.29, 1.82) is 0 Å². The molecule has 2 heteroatoms. The van der Waals surface area contributed by atoms with Crippen LogP contribution in [0.1, 0.15) is 76.8 Å². The van der Waals surface area contributed by atoms with Gasteiger partial charge in [0.05, 0.1) is 0 Å². The van der Waals surface area contributed by atoms with E-state index in [0.29, 0.717) is 0 Å². The molecule has 0 aromatic heterocycles. The van der Waals surface area contributed by atoms with Gasteiger partial charge >= 0.3 is 0 Å². The van der Waals surface area contributed by atoms with Crippen LogP contribution in [0.15, 0.2) is 59.9 Å². The van der Waals surface area contributed by atoms with E-state index in [-0.39, 0.29) is 28.8 Å². The zero-order valence-corrected chi connectivity index (χ0v) is 19.4. The van der Waals surface area contributed by atoms with E-state index in [4.69, 9.17) is 5.73 Å². The van der Waals surface area contributed by atoms with E-state index in [0.717, 1.165) is 0 Å². The van der Waals surface area contributed by atoms with Crippen molar-refractivity contribution in [3.63, 3.8) is 0 Å². The van der Waals surface area contributed by atoms with E-state index in [1.54, 1.807) is 0 Å². The second kappa shape index (κ2) is 7.65. The fourth-order valence-corrected chi connectivity index (χ4v) is 4.66. The first-order valence-electron chi connectivity index (χ1n) is 10.8. The van der Waals surface area contributed by atoms with Gasteiger partial charge in [-0.25, -0.2) is 0 Å². The summed E-state index contributed by atoms with van der Waals surface area (Å²) in [5.74, 6) is 0.210. The van der Waals surface area contributed by atoms with Crippen LogP contribution in [0.5, 0.6) is 0 Å². The van der Waals surface area contributed by atoms with Crippen LogP contribution in [-0.2, 0) is 10.8 Å². The molecule has 0 bridgehead atoms. The van der Waals surface area contributed by atoms with E-state index in [2.05, 4.69) is 109 Å². The van der Waals surface area contributed by atoms with Gasteiger partial charge < -0.3 is 11.1 Å². The van der Waals surface area contributed by atoms with Crippen molar-refractivity contribution < 1.29 is 0 Å². The van der Waals surface area contributed by atoms with Crippen LogP contribution >= 0.6 is 0 Å². The van der Waals surface area contributed by atoms with E-state index in [1.165, 1.54) is 33.5 Å². The Bertz CT molecular complexity index is 862. The van der Waals surface area contributed by atoms with E-state index in [1.807, 2.05) is 0 Å². The number of benzene rings is 1. The van der Waals surface area contributed by atoms with Crippen LogP contribution in [0.4, 0.5) is 0 Å². The van der Waals surface area contributed by atoms with Crippen LogP contribution in [0, 0.1) is 12.8 Å². The lowest BCUT2D eigenvalue weighted by Crippen LogP contribution is -2.38. The largest absolute Gasteiger partial charge is 0.381 e. The molecule has 0 saturated carbocycles. The zero-order valence-electron chi connectivity index (χ0n) is 19.4. The summed E-state index contributed by atoms with van der Waals surface area (Å²) in [5.41, 5.74) is 14.8. The van der Waals surface area contributed by atoms with Gasteiger partial charge in [0, 0.05) is 23.7 Å². The topological polar surface area (TPSA) is 38.0 Å². The van der Waals surface area contributed by atoms with Gasteiger partial charge in [0.15, 0.2) is 0 Å². The number of hydrogen-bond acceptors (Lipinski definition) is 2. The lowest BCUT2D eigenvalue weighted by molar-refractivity contribution is 0.525. The molecule has 0 saturated heterocycles. The van der Waals surface area contributed by atoms with Crippen molar-refractivity contribution in [2.24, 2.45) is 11.7 Å². The molecule has 2 aliphatic carbocycles. The van der Waals surface area contributed by atoms with E-state index < -0.39 is 0 Å². The minimum atomic E-state index is 0.0131. The second-order valence-electron chi connectivity index (χ2n) is 10.7. The molecular formula is C27H38N2. The molecule has 29 heavy (non-hydrogen) atoms. The summed E-state index contributed by atoms with van der Waals surface area (Å²) in [5, 5.41) is 3.80. The monoisotopic (exact) mass is 390 g/mol. The highest BCUT2D eigenvalue weighted by Crippen LogP contribution is 2.37. The second-order valence-corrected chi connectivity index (χ2v) is 10.7. The summed E-state index contributed by atoms with van der Waals surface area (Å²) in [6.07, 6.45) is 12.8. The van der Waals surface area contributed by atoms with Crippen molar-refractivity contribution in [3.05, 3.63) is 82.1 Å². The molecule has 0 heterocycles. The minimum absolute atomic E-state index is 0.0131. The van der Waals surface area contributed by atoms with Gasteiger partial charge in [-0.05, 0) is 58.6 Å². The van der Waals surface area contributed by atoms with Crippen LogP contribution in [0.3, 0.4) is 0 Å². The third-order valence-corrected chi connectivity index (χ3v) is 6.19. The van der Waals surface area contributed by atoms with Gasteiger partial charge in [0.2, 0.25) is 0 Å². The van der Waals surface area contributed by atoms with Gasteiger partial charge in [-0.1, -0.05) is 84.1 Å². The molecule has 3 unspecified atom stereocenters. The van der Waals surface area contributed by atoms with Crippen LogP contribution in [-0.4, -0.2) is 6.04 Å². The number of nitrogens with two attached hydrogens (primary N) is 1. The standard InChI is InChI=1S/C27H38N2/c1-17-21(26(3,4)5)15-20(16-22(17)27(6,7)8)18(2)29-24-14-10-12-19-11-9-13-23(28)25(19)24/h9-16,18,23,25,29H,28H2,1-8H3. The van der Waals surface area contributed by atoms with Crippen molar-refractivity contribution in [2.45, 2.75) is 78.3 Å². The Hall–Kier alpha value is -2.06. The third kappa shape index (κ3) is 4.43. The summed E-state index contributed by atoms with van der Waals surface area (Å²) in [6, 6.07) is 5.02. The van der Waals surface area contributed by atoms with Crippen molar-refractivity contribution in [3.8, 4) is 0 Å². The van der Waals surface area contributed by atoms with E-state index >= 15 is 0 Å². The molecule has 0 radical (unpaired) electrons. The van der Waals surface area contributed by atoms with E-state index in [9.17, 15) is 0 Å². The van der Waals surface area contributed by atoms with Crippen molar-refractivity contribution in [1.82, 2.24) is 5.32 Å². The predicted octanol–water partition coefficient (Wildman–Crippen LogP) is 6.13. The SMILES string of the molecule is Cc1c(C(C)(C)C)cc(C(C)NC2=CC=CC3=CC=CC(N)C32)cc1C(C)(C)C. The first kappa shape index (κ1) is 21.6. The highest BCUT2D eigenvalue weighted by Gasteiger charge is 2.29. The summed E-state index contributed by atoms with van der Waals surface area (Å²) < 4.78 is 0. The molecule has 3 rings (SSSR count). The van der Waals surface area contributed by atoms with Crippen molar-refractivity contribution in [2.75, 3.05) is 0 Å². The number of nitrogens with one attached hydrogen (secondary N) is 1. The number of rotatable bonds is 3. The van der Waals surface area contributed by atoms with Crippen LogP contribution < -0.4 is 11.1 Å². The Labute approximate surface area is 177 Å². The quantitative estimate of drug-likeness (QED) is 0.651. The Morgan fingerprint density at radius 1 is 0.931 bits per heavy atom. The Morgan fingerprint density at radius 3 is 2.07 bits per heavy atom. The Morgan fingerprint density at radius 2 is 1.52 bits per heavy atom. The number of hydrogen-bond donors (Lipinski definition) is 2. The molecule has 156 valence electrons. The Kier molecular flexibility index (Phi) is 5.71. The highest BCUT2D eigenvalue weighted by atomic mass is 14.9. The lowest BCUT2D eigenvalue weighted by Gasteiger charge is -2.34. The molecule has 1 aromatic carbocycles. The number of fused-ring (bicyclic) bond motifs is 1. The van der Waals surface area contributed by atoms with Crippen molar-refractivity contribution >= 4 is 0 Å². The normalized spacial score (nSPS) is 22.7. The van der Waals surface area contributed by atoms with Gasteiger partial charge in [-0.15, -0.1) is 0 Å². The summed E-state index contributed by atoms with van der Waals surface area (Å²) >= 11 is 0. The summed E-state index contributed by atoms with van der Waals surface area (Å²) in [7, 11) is 0. The van der Waals surface area contributed by atoms with Crippen LogP contribution in [0.25, 0.3) is 0 Å². The predicted molar refractivity (Wildman–Crippen MR) is 126 cm³/mol. The highest BCUT2D eigenvalue weighted by molar-refractivity contribution is 5.47. The average molecular weight is 391 g/mol. The molecule has 0 aliphatic heterocycles. The van der Waals surface area contributed by atoms with Gasteiger partial charge in [-0.3, -0.25) is 0 Å². The molecular weight excluding hydrogens is 352 g/mol. The Balaban J connectivity index is 1.98. The molecule has 0 amide bonds. The molecule has 2 nitrogen and oxygen atoms in total. The molecule has 3 N–H and O–H groups in total. The van der Waals surface area contributed by atoms with Crippen LogP contribution in [0.2, 0.25) is 0 Å². The maximum absolute atomic E-state index is 6.43. The molecule has 3 atom stereocenters. The first-order valence-corrected chi connectivity index (χ1v) is 10.8.